The molecular weight excluding hydrogens is 278 g/mol. The standard InChI is InChI=1S/C17H23N3O2/c1-3-12(2)19-16(21)11-20-14(15-7-5-9-22-15)10-13-6-4-8-18-17(13)20/h4,6,8,10,12,15H,3,5,7,9,11H2,1-2H3,(H,19,21)/t12-,15-/m0/s1. The Kier molecular flexibility index (Phi) is 4.43. The summed E-state index contributed by atoms with van der Waals surface area (Å²) in [6, 6.07) is 6.25. The predicted octanol–water partition coefficient (Wildman–Crippen LogP) is 2.80. The molecule has 1 N–H and O–H groups in total. The second kappa shape index (κ2) is 6.48. The number of carbonyl (C=O) groups is 1. The summed E-state index contributed by atoms with van der Waals surface area (Å²) in [7, 11) is 0. The van der Waals surface area contributed by atoms with Crippen molar-refractivity contribution in [3.63, 3.8) is 0 Å². The highest BCUT2D eigenvalue weighted by molar-refractivity contribution is 5.82. The third-order valence-electron chi connectivity index (χ3n) is 4.27. The lowest BCUT2D eigenvalue weighted by Crippen LogP contribution is -2.35. The van der Waals surface area contributed by atoms with Gasteiger partial charge in [-0.1, -0.05) is 6.92 Å². The molecule has 0 radical (unpaired) electrons. The number of amides is 1. The summed E-state index contributed by atoms with van der Waals surface area (Å²) >= 11 is 0. The largest absolute Gasteiger partial charge is 0.372 e. The van der Waals surface area contributed by atoms with Crippen molar-refractivity contribution in [3.05, 3.63) is 30.1 Å². The Bertz CT molecular complexity index is 659. The van der Waals surface area contributed by atoms with E-state index in [0.717, 1.165) is 42.6 Å². The normalized spacial score (nSPS) is 19.5. The van der Waals surface area contributed by atoms with Crippen molar-refractivity contribution < 1.29 is 9.53 Å². The van der Waals surface area contributed by atoms with Crippen LogP contribution in [0.5, 0.6) is 0 Å². The van der Waals surface area contributed by atoms with Gasteiger partial charge >= 0.3 is 0 Å². The zero-order valence-electron chi connectivity index (χ0n) is 13.2. The number of hydrogen-bond acceptors (Lipinski definition) is 3. The first-order valence-corrected chi connectivity index (χ1v) is 8.04. The third-order valence-corrected chi connectivity index (χ3v) is 4.27. The average Bonchev–Trinajstić information content (AvgIpc) is 3.15. The highest BCUT2D eigenvalue weighted by Crippen LogP contribution is 2.32. The Morgan fingerprint density at radius 1 is 1.59 bits per heavy atom. The van der Waals surface area contributed by atoms with Gasteiger partial charge in [0.1, 0.15) is 12.2 Å². The SMILES string of the molecule is CC[C@H](C)NC(=O)Cn1c([C@@H]2CCCO2)cc2cccnc21. The number of nitrogens with one attached hydrogen (secondary N) is 1. The van der Waals surface area contributed by atoms with Crippen molar-refractivity contribution in [1.29, 1.82) is 0 Å². The van der Waals surface area contributed by atoms with Crippen LogP contribution in [0.25, 0.3) is 11.0 Å². The van der Waals surface area contributed by atoms with Crippen LogP contribution in [0.15, 0.2) is 24.4 Å². The second-order valence-corrected chi connectivity index (χ2v) is 5.95. The minimum atomic E-state index is 0.0248. The van der Waals surface area contributed by atoms with Crippen LogP contribution in [-0.2, 0) is 16.1 Å². The Morgan fingerprint density at radius 3 is 3.18 bits per heavy atom. The highest BCUT2D eigenvalue weighted by Gasteiger charge is 2.24. The molecule has 0 aliphatic carbocycles. The second-order valence-electron chi connectivity index (χ2n) is 5.95. The summed E-state index contributed by atoms with van der Waals surface area (Å²) in [6.07, 6.45) is 4.84. The molecule has 0 aromatic carbocycles. The summed E-state index contributed by atoms with van der Waals surface area (Å²) in [4.78, 5) is 16.7. The first-order valence-electron chi connectivity index (χ1n) is 8.04. The number of carbonyl (C=O) groups excluding carboxylic acids is 1. The zero-order valence-corrected chi connectivity index (χ0v) is 13.2. The molecule has 0 bridgehead atoms. The van der Waals surface area contributed by atoms with Crippen LogP contribution in [-0.4, -0.2) is 28.1 Å². The minimum Gasteiger partial charge on any atom is -0.372 e. The van der Waals surface area contributed by atoms with Gasteiger partial charge in [-0.25, -0.2) is 4.98 Å². The third kappa shape index (κ3) is 2.99. The first kappa shape index (κ1) is 15.0. The molecule has 1 aliphatic heterocycles. The van der Waals surface area contributed by atoms with E-state index in [1.54, 1.807) is 6.20 Å². The summed E-state index contributed by atoms with van der Waals surface area (Å²) in [5.74, 6) is 0.0248. The van der Waals surface area contributed by atoms with Gasteiger partial charge in [0, 0.05) is 29.9 Å². The number of pyridine rings is 1. The predicted molar refractivity (Wildman–Crippen MR) is 85.6 cm³/mol. The molecule has 1 saturated heterocycles. The molecule has 2 aromatic heterocycles. The lowest BCUT2D eigenvalue weighted by atomic mass is 10.2. The summed E-state index contributed by atoms with van der Waals surface area (Å²) in [6.45, 7) is 5.17. The van der Waals surface area contributed by atoms with Crippen LogP contribution in [0, 0.1) is 0 Å². The van der Waals surface area contributed by atoms with E-state index in [4.69, 9.17) is 4.74 Å². The lowest BCUT2D eigenvalue weighted by Gasteiger charge is -2.16. The van der Waals surface area contributed by atoms with E-state index in [2.05, 4.69) is 23.3 Å². The maximum Gasteiger partial charge on any atom is 0.240 e. The van der Waals surface area contributed by atoms with Gasteiger partial charge < -0.3 is 14.6 Å². The number of rotatable bonds is 5. The summed E-state index contributed by atoms with van der Waals surface area (Å²) < 4.78 is 7.82. The van der Waals surface area contributed by atoms with Gasteiger partial charge in [-0.2, -0.15) is 0 Å². The van der Waals surface area contributed by atoms with E-state index in [1.807, 2.05) is 23.6 Å². The minimum absolute atomic E-state index is 0.0248. The van der Waals surface area contributed by atoms with Crippen molar-refractivity contribution >= 4 is 16.9 Å². The van der Waals surface area contributed by atoms with Gasteiger partial charge in [0.05, 0.1) is 6.10 Å². The monoisotopic (exact) mass is 301 g/mol. The lowest BCUT2D eigenvalue weighted by molar-refractivity contribution is -0.122. The zero-order chi connectivity index (χ0) is 15.5. The summed E-state index contributed by atoms with van der Waals surface area (Å²) in [5, 5.41) is 4.08. The number of hydrogen-bond donors (Lipinski definition) is 1. The molecule has 22 heavy (non-hydrogen) atoms. The van der Waals surface area contributed by atoms with Crippen LogP contribution >= 0.6 is 0 Å². The molecule has 1 fully saturated rings. The van der Waals surface area contributed by atoms with Gasteiger partial charge in [0.15, 0.2) is 0 Å². The van der Waals surface area contributed by atoms with Crippen LogP contribution in [0.2, 0.25) is 0 Å². The van der Waals surface area contributed by atoms with Crippen LogP contribution in [0.1, 0.15) is 44.9 Å². The molecule has 0 saturated carbocycles. The summed E-state index contributed by atoms with van der Waals surface area (Å²) in [5.41, 5.74) is 1.91. The molecule has 3 heterocycles. The maximum atomic E-state index is 12.3. The van der Waals surface area contributed by atoms with E-state index in [9.17, 15) is 4.79 Å². The fourth-order valence-electron chi connectivity index (χ4n) is 2.92. The van der Waals surface area contributed by atoms with E-state index in [-0.39, 0.29) is 18.1 Å². The number of nitrogens with zero attached hydrogens (tertiary/aromatic N) is 2. The number of ether oxygens (including phenoxy) is 1. The van der Waals surface area contributed by atoms with Crippen molar-refractivity contribution in [3.8, 4) is 0 Å². The molecule has 2 aromatic rings. The molecule has 5 nitrogen and oxygen atoms in total. The Labute approximate surface area is 130 Å². The van der Waals surface area contributed by atoms with E-state index < -0.39 is 0 Å². The molecule has 3 rings (SSSR count). The fraction of sp³-hybridized carbons (Fsp3) is 0.529. The highest BCUT2D eigenvalue weighted by atomic mass is 16.5. The molecule has 118 valence electrons. The van der Waals surface area contributed by atoms with Gasteiger partial charge in [0.25, 0.3) is 0 Å². The Hall–Kier alpha value is -1.88. The quantitative estimate of drug-likeness (QED) is 0.924. The van der Waals surface area contributed by atoms with Gasteiger partial charge in [-0.15, -0.1) is 0 Å². The van der Waals surface area contributed by atoms with Crippen molar-refractivity contribution in [1.82, 2.24) is 14.9 Å². The smallest absolute Gasteiger partial charge is 0.240 e. The van der Waals surface area contributed by atoms with Crippen LogP contribution in [0.4, 0.5) is 0 Å². The fourth-order valence-corrected chi connectivity index (χ4v) is 2.92. The topological polar surface area (TPSA) is 56.2 Å². The first-order chi connectivity index (χ1) is 10.7. The van der Waals surface area contributed by atoms with Crippen molar-refractivity contribution in [2.75, 3.05) is 6.61 Å². The Balaban J connectivity index is 1.91. The van der Waals surface area contributed by atoms with Crippen molar-refractivity contribution in [2.45, 2.75) is 51.8 Å². The van der Waals surface area contributed by atoms with Gasteiger partial charge in [-0.3, -0.25) is 4.79 Å². The van der Waals surface area contributed by atoms with E-state index >= 15 is 0 Å². The Morgan fingerprint density at radius 2 is 2.45 bits per heavy atom. The molecule has 5 heteroatoms. The number of aromatic nitrogens is 2. The average molecular weight is 301 g/mol. The maximum absolute atomic E-state index is 12.3. The molecule has 1 aliphatic rings. The molecule has 0 spiro atoms. The van der Waals surface area contributed by atoms with E-state index in [1.165, 1.54) is 0 Å². The van der Waals surface area contributed by atoms with Gasteiger partial charge in [0.2, 0.25) is 5.91 Å². The van der Waals surface area contributed by atoms with Gasteiger partial charge in [-0.05, 0) is 44.4 Å². The molecule has 1 amide bonds. The number of fused-ring (bicyclic) bond motifs is 1. The van der Waals surface area contributed by atoms with Crippen LogP contribution < -0.4 is 5.32 Å². The van der Waals surface area contributed by atoms with E-state index in [0.29, 0.717) is 6.54 Å². The van der Waals surface area contributed by atoms with Crippen molar-refractivity contribution in [2.24, 2.45) is 0 Å². The molecule has 0 unspecified atom stereocenters. The van der Waals surface area contributed by atoms with Crippen LogP contribution in [0.3, 0.4) is 0 Å². The molecular formula is C17H23N3O2. The molecule has 2 atom stereocenters.